The maximum absolute atomic E-state index is 5.92. The molecule has 0 spiro atoms. The summed E-state index contributed by atoms with van der Waals surface area (Å²) in [4.78, 5) is 0. The number of terminal acetylenes is 1. The molecule has 0 aromatic heterocycles. The predicted molar refractivity (Wildman–Crippen MR) is 71.9 cm³/mol. The molecule has 2 nitrogen and oxygen atoms in total. The van der Waals surface area contributed by atoms with Gasteiger partial charge in [-0.3, -0.25) is 0 Å². The molecule has 0 saturated carbocycles. The average molecular weight is 225 g/mol. The van der Waals surface area contributed by atoms with Gasteiger partial charge in [-0.15, -0.1) is 12.3 Å². The van der Waals surface area contributed by atoms with Crippen molar-refractivity contribution in [2.45, 2.75) is 12.8 Å². The molecule has 2 aromatic rings. The van der Waals surface area contributed by atoms with Crippen molar-refractivity contribution in [2.24, 2.45) is 0 Å². The van der Waals surface area contributed by atoms with Crippen molar-refractivity contribution >= 4 is 16.5 Å². The molecular weight excluding hydrogens is 210 g/mol. The second-order valence-electron chi connectivity index (χ2n) is 3.85. The fraction of sp³-hybridized carbons (Fsp3) is 0.200. The number of rotatable bonds is 4. The largest absolute Gasteiger partial charge is 0.493 e. The van der Waals surface area contributed by atoms with Crippen molar-refractivity contribution in [2.75, 3.05) is 12.3 Å². The SMILES string of the molecule is C#CCCCOc1ccc(N)c2ccccc12. The lowest BCUT2D eigenvalue weighted by molar-refractivity contribution is 0.316. The van der Waals surface area contributed by atoms with Gasteiger partial charge in [0.25, 0.3) is 0 Å². The number of anilines is 1. The molecule has 0 amide bonds. The monoisotopic (exact) mass is 225 g/mol. The highest BCUT2D eigenvalue weighted by atomic mass is 16.5. The lowest BCUT2D eigenvalue weighted by Gasteiger charge is -2.10. The first-order valence-corrected chi connectivity index (χ1v) is 5.66. The van der Waals surface area contributed by atoms with Gasteiger partial charge in [-0.2, -0.15) is 0 Å². The van der Waals surface area contributed by atoms with Crippen molar-refractivity contribution in [1.82, 2.24) is 0 Å². The summed E-state index contributed by atoms with van der Waals surface area (Å²) in [6.45, 7) is 0.637. The number of hydrogen-bond donors (Lipinski definition) is 1. The van der Waals surface area contributed by atoms with Crippen LogP contribution in [0.2, 0.25) is 0 Å². The average Bonchev–Trinajstić information content (AvgIpc) is 2.37. The molecule has 2 N–H and O–H groups in total. The molecule has 0 radical (unpaired) electrons. The van der Waals surface area contributed by atoms with E-state index in [9.17, 15) is 0 Å². The molecule has 86 valence electrons. The zero-order valence-electron chi connectivity index (χ0n) is 9.65. The highest BCUT2D eigenvalue weighted by Gasteiger charge is 2.03. The molecule has 2 heteroatoms. The number of unbranched alkanes of at least 4 members (excludes halogenated alkanes) is 1. The highest BCUT2D eigenvalue weighted by Crippen LogP contribution is 2.29. The molecule has 0 aliphatic rings. The van der Waals surface area contributed by atoms with Crippen LogP contribution >= 0.6 is 0 Å². The van der Waals surface area contributed by atoms with E-state index in [1.54, 1.807) is 0 Å². The third-order valence-electron chi connectivity index (χ3n) is 2.64. The van der Waals surface area contributed by atoms with Crippen LogP contribution in [0.1, 0.15) is 12.8 Å². The molecule has 0 fully saturated rings. The maximum Gasteiger partial charge on any atom is 0.127 e. The van der Waals surface area contributed by atoms with E-state index in [1.807, 2.05) is 36.4 Å². The summed E-state index contributed by atoms with van der Waals surface area (Å²) in [5, 5.41) is 2.08. The minimum Gasteiger partial charge on any atom is -0.493 e. The number of ether oxygens (including phenoxy) is 1. The van der Waals surface area contributed by atoms with Crippen LogP contribution in [0.5, 0.6) is 5.75 Å². The Morgan fingerprint density at radius 2 is 1.88 bits per heavy atom. The Balaban J connectivity index is 2.23. The van der Waals surface area contributed by atoms with Crippen molar-refractivity contribution in [1.29, 1.82) is 0 Å². The predicted octanol–water partition coefficient (Wildman–Crippen LogP) is 3.21. The van der Waals surface area contributed by atoms with E-state index in [1.165, 1.54) is 0 Å². The van der Waals surface area contributed by atoms with Crippen molar-refractivity contribution in [3.63, 3.8) is 0 Å². The third kappa shape index (κ3) is 2.51. The lowest BCUT2D eigenvalue weighted by Crippen LogP contribution is -1.98. The number of fused-ring (bicyclic) bond motifs is 1. The maximum atomic E-state index is 5.92. The number of nitrogens with two attached hydrogens (primary N) is 1. The van der Waals surface area contributed by atoms with E-state index in [0.29, 0.717) is 6.61 Å². The van der Waals surface area contributed by atoms with E-state index in [0.717, 1.165) is 35.1 Å². The van der Waals surface area contributed by atoms with Crippen molar-refractivity contribution in [3.8, 4) is 18.1 Å². The minimum absolute atomic E-state index is 0.637. The van der Waals surface area contributed by atoms with Gasteiger partial charge in [0.05, 0.1) is 6.61 Å². The first kappa shape index (κ1) is 11.3. The van der Waals surface area contributed by atoms with Crippen LogP contribution < -0.4 is 10.5 Å². The molecule has 0 aliphatic carbocycles. The molecule has 0 aliphatic heterocycles. The van der Waals surface area contributed by atoms with E-state index < -0.39 is 0 Å². The van der Waals surface area contributed by atoms with Gasteiger partial charge < -0.3 is 10.5 Å². The van der Waals surface area contributed by atoms with Crippen molar-refractivity contribution in [3.05, 3.63) is 36.4 Å². The first-order valence-electron chi connectivity index (χ1n) is 5.66. The Kier molecular flexibility index (Phi) is 3.52. The zero-order valence-corrected chi connectivity index (χ0v) is 9.65. The molecule has 2 rings (SSSR count). The van der Waals surface area contributed by atoms with Gasteiger partial charge in [0, 0.05) is 22.9 Å². The van der Waals surface area contributed by atoms with Crippen LogP contribution in [0.15, 0.2) is 36.4 Å². The molecule has 0 saturated heterocycles. The second kappa shape index (κ2) is 5.27. The Labute approximate surface area is 101 Å². The lowest BCUT2D eigenvalue weighted by atomic mass is 10.1. The summed E-state index contributed by atoms with van der Waals surface area (Å²) in [7, 11) is 0. The Morgan fingerprint density at radius 1 is 1.12 bits per heavy atom. The standard InChI is InChI=1S/C15H15NO/c1-2-3-6-11-17-15-10-9-14(16)12-7-4-5-8-13(12)15/h1,4-5,7-10H,3,6,11,16H2. The van der Waals surface area contributed by atoms with Crippen LogP contribution in [-0.4, -0.2) is 6.61 Å². The molecule has 0 unspecified atom stereocenters. The molecule has 2 aromatic carbocycles. The van der Waals surface area contributed by atoms with Gasteiger partial charge in [-0.25, -0.2) is 0 Å². The quantitative estimate of drug-likeness (QED) is 0.492. The number of hydrogen-bond acceptors (Lipinski definition) is 2. The summed E-state index contributed by atoms with van der Waals surface area (Å²) in [6, 6.07) is 11.8. The smallest absolute Gasteiger partial charge is 0.127 e. The molecule has 0 atom stereocenters. The third-order valence-corrected chi connectivity index (χ3v) is 2.64. The van der Waals surface area contributed by atoms with Gasteiger partial charge in [0.15, 0.2) is 0 Å². The minimum atomic E-state index is 0.637. The fourth-order valence-corrected chi connectivity index (χ4v) is 1.78. The Hall–Kier alpha value is -2.14. The molecule has 17 heavy (non-hydrogen) atoms. The van der Waals surface area contributed by atoms with Crippen LogP contribution in [0.4, 0.5) is 5.69 Å². The van der Waals surface area contributed by atoms with Crippen molar-refractivity contribution < 1.29 is 4.74 Å². The molecule has 0 bridgehead atoms. The second-order valence-corrected chi connectivity index (χ2v) is 3.85. The fourth-order valence-electron chi connectivity index (χ4n) is 1.78. The summed E-state index contributed by atoms with van der Waals surface area (Å²) in [6.07, 6.45) is 6.81. The van der Waals surface area contributed by atoms with E-state index >= 15 is 0 Å². The van der Waals surface area contributed by atoms with E-state index in [4.69, 9.17) is 16.9 Å². The Morgan fingerprint density at radius 3 is 2.65 bits per heavy atom. The summed E-state index contributed by atoms with van der Waals surface area (Å²) < 4.78 is 5.73. The number of nitrogen functional groups attached to an aromatic ring is 1. The van der Waals surface area contributed by atoms with Crippen LogP contribution in [0.3, 0.4) is 0 Å². The number of benzene rings is 2. The van der Waals surface area contributed by atoms with E-state index in [-0.39, 0.29) is 0 Å². The first-order chi connectivity index (χ1) is 8.33. The molecular formula is C15H15NO. The topological polar surface area (TPSA) is 35.2 Å². The van der Waals surface area contributed by atoms with Gasteiger partial charge in [0.1, 0.15) is 5.75 Å². The van der Waals surface area contributed by atoms with Crippen LogP contribution in [-0.2, 0) is 0 Å². The molecule has 0 heterocycles. The summed E-state index contributed by atoms with van der Waals surface area (Å²) in [5.74, 6) is 3.47. The van der Waals surface area contributed by atoms with E-state index in [2.05, 4.69) is 5.92 Å². The summed E-state index contributed by atoms with van der Waals surface area (Å²) in [5.41, 5.74) is 6.69. The van der Waals surface area contributed by atoms with Gasteiger partial charge in [-0.1, -0.05) is 24.3 Å². The van der Waals surface area contributed by atoms with Gasteiger partial charge >= 0.3 is 0 Å². The van der Waals surface area contributed by atoms with Crippen LogP contribution in [0.25, 0.3) is 10.8 Å². The Bertz CT molecular complexity index is 554. The van der Waals surface area contributed by atoms with Gasteiger partial charge in [-0.05, 0) is 18.6 Å². The zero-order chi connectivity index (χ0) is 12.1. The van der Waals surface area contributed by atoms with Crippen LogP contribution in [0, 0.1) is 12.3 Å². The summed E-state index contributed by atoms with van der Waals surface area (Å²) >= 11 is 0. The van der Waals surface area contributed by atoms with Gasteiger partial charge in [0.2, 0.25) is 0 Å². The highest BCUT2D eigenvalue weighted by molar-refractivity contribution is 5.96. The normalized spacial score (nSPS) is 10.1.